The SMILES string of the molecule is COCC(CCl)NC(=O)c1cccc(C)c1. The number of carbonyl (C=O) groups is 1. The first kappa shape index (κ1) is 13.0. The maximum Gasteiger partial charge on any atom is 0.251 e. The monoisotopic (exact) mass is 241 g/mol. The van der Waals surface area contributed by atoms with Crippen molar-refractivity contribution in [3.05, 3.63) is 35.4 Å². The molecule has 1 atom stereocenters. The number of alkyl halides is 1. The summed E-state index contributed by atoms with van der Waals surface area (Å²) in [5.74, 6) is 0.220. The highest BCUT2D eigenvalue weighted by molar-refractivity contribution is 6.18. The number of methoxy groups -OCH3 is 1. The fraction of sp³-hybridized carbons (Fsp3) is 0.417. The third kappa shape index (κ3) is 3.83. The minimum atomic E-state index is -0.153. The largest absolute Gasteiger partial charge is 0.383 e. The van der Waals surface area contributed by atoms with Crippen LogP contribution in [0.3, 0.4) is 0 Å². The van der Waals surface area contributed by atoms with Gasteiger partial charge < -0.3 is 10.1 Å². The summed E-state index contributed by atoms with van der Waals surface area (Å²) < 4.78 is 4.96. The highest BCUT2D eigenvalue weighted by Crippen LogP contribution is 2.04. The van der Waals surface area contributed by atoms with Gasteiger partial charge in [0, 0.05) is 18.6 Å². The molecule has 1 unspecified atom stereocenters. The Kier molecular flexibility index (Phi) is 5.29. The topological polar surface area (TPSA) is 38.3 Å². The number of nitrogens with one attached hydrogen (secondary N) is 1. The van der Waals surface area contributed by atoms with Crippen LogP contribution in [0.4, 0.5) is 0 Å². The molecule has 1 amide bonds. The van der Waals surface area contributed by atoms with Gasteiger partial charge in [0.1, 0.15) is 0 Å². The first-order valence-corrected chi connectivity index (χ1v) is 5.63. The Labute approximate surface area is 101 Å². The van der Waals surface area contributed by atoms with Gasteiger partial charge in [-0.1, -0.05) is 17.7 Å². The Bertz CT molecular complexity index is 355. The maximum atomic E-state index is 11.8. The van der Waals surface area contributed by atoms with Crippen molar-refractivity contribution >= 4 is 17.5 Å². The number of benzene rings is 1. The molecule has 0 saturated carbocycles. The minimum absolute atomic E-state index is 0.119. The van der Waals surface area contributed by atoms with Gasteiger partial charge in [-0.15, -0.1) is 11.6 Å². The van der Waals surface area contributed by atoms with Crippen LogP contribution in [0.1, 0.15) is 15.9 Å². The zero-order valence-corrected chi connectivity index (χ0v) is 10.3. The third-order valence-corrected chi connectivity index (χ3v) is 2.54. The van der Waals surface area contributed by atoms with Gasteiger partial charge in [-0.2, -0.15) is 0 Å². The van der Waals surface area contributed by atoms with Gasteiger partial charge in [0.25, 0.3) is 5.91 Å². The molecule has 0 radical (unpaired) electrons. The number of rotatable bonds is 5. The van der Waals surface area contributed by atoms with Crippen molar-refractivity contribution in [3.63, 3.8) is 0 Å². The number of hydrogen-bond acceptors (Lipinski definition) is 2. The van der Waals surface area contributed by atoms with Crippen LogP contribution < -0.4 is 5.32 Å². The summed E-state index contributed by atoms with van der Waals surface area (Å²) in [6, 6.07) is 7.27. The Balaban J connectivity index is 2.64. The van der Waals surface area contributed by atoms with Gasteiger partial charge >= 0.3 is 0 Å². The van der Waals surface area contributed by atoms with E-state index in [1.807, 2.05) is 25.1 Å². The second-order valence-electron chi connectivity index (χ2n) is 3.65. The number of hydrogen-bond donors (Lipinski definition) is 1. The fourth-order valence-corrected chi connectivity index (χ4v) is 1.55. The molecule has 16 heavy (non-hydrogen) atoms. The second-order valence-corrected chi connectivity index (χ2v) is 3.96. The van der Waals surface area contributed by atoms with Gasteiger partial charge in [-0.3, -0.25) is 4.79 Å². The van der Waals surface area contributed by atoms with Crippen LogP contribution >= 0.6 is 11.6 Å². The molecule has 0 saturated heterocycles. The van der Waals surface area contributed by atoms with E-state index in [4.69, 9.17) is 16.3 Å². The summed E-state index contributed by atoms with van der Waals surface area (Å²) in [6.07, 6.45) is 0. The van der Waals surface area contributed by atoms with Gasteiger partial charge in [0.15, 0.2) is 0 Å². The first-order chi connectivity index (χ1) is 7.67. The molecule has 0 aliphatic carbocycles. The first-order valence-electron chi connectivity index (χ1n) is 5.09. The maximum absolute atomic E-state index is 11.8. The van der Waals surface area contributed by atoms with Crippen LogP contribution in [0.2, 0.25) is 0 Å². The molecular weight excluding hydrogens is 226 g/mol. The van der Waals surface area contributed by atoms with Crippen molar-refractivity contribution in [3.8, 4) is 0 Å². The van der Waals surface area contributed by atoms with E-state index in [1.54, 1.807) is 13.2 Å². The molecule has 88 valence electrons. The van der Waals surface area contributed by atoms with Crippen molar-refractivity contribution in [2.75, 3.05) is 19.6 Å². The Morgan fingerprint density at radius 2 is 2.31 bits per heavy atom. The molecule has 1 aromatic rings. The fourth-order valence-electron chi connectivity index (χ4n) is 1.38. The van der Waals surface area contributed by atoms with E-state index in [2.05, 4.69) is 5.32 Å². The lowest BCUT2D eigenvalue weighted by Gasteiger charge is -2.15. The summed E-state index contributed by atoms with van der Waals surface area (Å²) in [4.78, 5) is 11.8. The second kappa shape index (κ2) is 6.51. The Morgan fingerprint density at radius 1 is 1.56 bits per heavy atom. The van der Waals surface area contributed by atoms with Crippen molar-refractivity contribution < 1.29 is 9.53 Å². The van der Waals surface area contributed by atoms with E-state index < -0.39 is 0 Å². The molecule has 0 aliphatic heterocycles. The van der Waals surface area contributed by atoms with E-state index in [-0.39, 0.29) is 11.9 Å². The number of aryl methyl sites for hydroxylation is 1. The van der Waals surface area contributed by atoms with Crippen LogP contribution in [-0.4, -0.2) is 31.5 Å². The number of ether oxygens (including phenoxy) is 1. The zero-order chi connectivity index (χ0) is 12.0. The molecule has 0 aromatic heterocycles. The molecular formula is C12H16ClNO2. The average Bonchev–Trinajstić information content (AvgIpc) is 2.28. The summed E-state index contributed by atoms with van der Waals surface area (Å²) >= 11 is 5.71. The predicted molar refractivity (Wildman–Crippen MR) is 65.0 cm³/mol. The molecule has 0 heterocycles. The van der Waals surface area contributed by atoms with Crippen molar-refractivity contribution in [2.45, 2.75) is 13.0 Å². The molecule has 0 aliphatic rings. The third-order valence-electron chi connectivity index (χ3n) is 2.17. The Hall–Kier alpha value is -1.06. The van der Waals surface area contributed by atoms with E-state index >= 15 is 0 Å². The summed E-state index contributed by atoms with van der Waals surface area (Å²) in [6.45, 7) is 2.37. The lowest BCUT2D eigenvalue weighted by molar-refractivity contribution is 0.0907. The lowest BCUT2D eigenvalue weighted by Crippen LogP contribution is -2.39. The van der Waals surface area contributed by atoms with E-state index in [0.717, 1.165) is 5.56 Å². The Morgan fingerprint density at radius 3 is 2.88 bits per heavy atom. The lowest BCUT2D eigenvalue weighted by atomic mass is 10.1. The molecule has 1 N–H and O–H groups in total. The molecule has 1 rings (SSSR count). The van der Waals surface area contributed by atoms with Crippen LogP contribution in [0.5, 0.6) is 0 Å². The number of amides is 1. The van der Waals surface area contributed by atoms with Gasteiger partial charge in [-0.05, 0) is 19.1 Å². The normalized spacial score (nSPS) is 12.2. The van der Waals surface area contributed by atoms with Crippen molar-refractivity contribution in [2.24, 2.45) is 0 Å². The van der Waals surface area contributed by atoms with Crippen LogP contribution in [0.25, 0.3) is 0 Å². The highest BCUT2D eigenvalue weighted by atomic mass is 35.5. The van der Waals surface area contributed by atoms with Gasteiger partial charge in [-0.25, -0.2) is 0 Å². The summed E-state index contributed by atoms with van der Waals surface area (Å²) in [5.41, 5.74) is 1.70. The van der Waals surface area contributed by atoms with Crippen LogP contribution in [0, 0.1) is 6.92 Å². The molecule has 1 aromatic carbocycles. The van der Waals surface area contributed by atoms with E-state index in [0.29, 0.717) is 18.1 Å². The molecule has 0 fully saturated rings. The molecule has 0 bridgehead atoms. The number of carbonyl (C=O) groups excluding carboxylic acids is 1. The quantitative estimate of drug-likeness (QED) is 0.801. The average molecular weight is 242 g/mol. The van der Waals surface area contributed by atoms with Gasteiger partial charge in [0.2, 0.25) is 0 Å². The van der Waals surface area contributed by atoms with Crippen LogP contribution in [-0.2, 0) is 4.74 Å². The zero-order valence-electron chi connectivity index (χ0n) is 9.50. The standard InChI is InChI=1S/C12H16ClNO2/c1-9-4-3-5-10(6-9)12(15)14-11(7-13)8-16-2/h3-6,11H,7-8H2,1-2H3,(H,14,15). The predicted octanol–water partition coefficient (Wildman–Crippen LogP) is 1.98. The smallest absolute Gasteiger partial charge is 0.251 e. The van der Waals surface area contributed by atoms with E-state index in [1.165, 1.54) is 0 Å². The molecule has 3 nitrogen and oxygen atoms in total. The summed E-state index contributed by atoms with van der Waals surface area (Å²) in [7, 11) is 1.58. The van der Waals surface area contributed by atoms with Crippen molar-refractivity contribution in [1.29, 1.82) is 0 Å². The van der Waals surface area contributed by atoms with E-state index in [9.17, 15) is 4.79 Å². The number of halogens is 1. The summed E-state index contributed by atoms with van der Waals surface area (Å²) in [5, 5.41) is 2.82. The molecule has 4 heteroatoms. The van der Waals surface area contributed by atoms with Gasteiger partial charge in [0.05, 0.1) is 12.6 Å². The minimum Gasteiger partial charge on any atom is -0.383 e. The molecule has 0 spiro atoms. The highest BCUT2D eigenvalue weighted by Gasteiger charge is 2.12. The van der Waals surface area contributed by atoms with Crippen LogP contribution in [0.15, 0.2) is 24.3 Å². The van der Waals surface area contributed by atoms with Crippen molar-refractivity contribution in [1.82, 2.24) is 5.32 Å².